The highest BCUT2D eigenvalue weighted by molar-refractivity contribution is 6.32. The van der Waals surface area contributed by atoms with Gasteiger partial charge in [-0.2, -0.15) is 13.2 Å². The molecule has 1 atom stereocenters. The van der Waals surface area contributed by atoms with Crippen molar-refractivity contribution in [2.45, 2.75) is 32.2 Å². The quantitative estimate of drug-likeness (QED) is 0.906. The second-order valence-corrected chi connectivity index (χ2v) is 4.28. The van der Waals surface area contributed by atoms with Crippen LogP contribution in [0.4, 0.5) is 13.2 Å². The van der Waals surface area contributed by atoms with Gasteiger partial charge in [-0.15, -0.1) is 0 Å². The molecule has 1 rings (SSSR count). The lowest BCUT2D eigenvalue weighted by molar-refractivity contribution is -0.149. The van der Waals surface area contributed by atoms with Crippen molar-refractivity contribution in [3.05, 3.63) is 28.8 Å². The monoisotopic (exact) mass is 267 g/mol. The van der Waals surface area contributed by atoms with Crippen LogP contribution in [-0.2, 0) is 0 Å². The molecule has 1 unspecified atom stereocenters. The largest absolute Gasteiger partial charge is 0.489 e. The van der Waals surface area contributed by atoms with Gasteiger partial charge in [0.2, 0.25) is 0 Å². The van der Waals surface area contributed by atoms with Gasteiger partial charge in [0.25, 0.3) is 0 Å². The van der Waals surface area contributed by atoms with E-state index in [1.807, 2.05) is 0 Å². The summed E-state index contributed by atoms with van der Waals surface area (Å²) in [6.45, 7) is 3.59. The Bertz CT molecular complexity index is 393. The minimum atomic E-state index is -4.48. The molecule has 0 aliphatic rings. The molecular formula is C11H13ClF3NO. The van der Waals surface area contributed by atoms with E-state index in [0.717, 1.165) is 0 Å². The fourth-order valence-corrected chi connectivity index (χ4v) is 1.48. The van der Waals surface area contributed by atoms with Gasteiger partial charge in [0.15, 0.2) is 0 Å². The molecule has 0 heterocycles. The highest BCUT2D eigenvalue weighted by Gasteiger charge is 2.38. The van der Waals surface area contributed by atoms with Crippen molar-refractivity contribution in [2.24, 2.45) is 5.73 Å². The van der Waals surface area contributed by atoms with E-state index in [4.69, 9.17) is 22.1 Å². The van der Waals surface area contributed by atoms with Gasteiger partial charge in [-0.3, -0.25) is 0 Å². The van der Waals surface area contributed by atoms with Crippen LogP contribution in [0.15, 0.2) is 18.2 Å². The number of ether oxygens (including phenoxy) is 1. The first-order chi connectivity index (χ1) is 7.71. The zero-order valence-electron chi connectivity index (χ0n) is 9.38. The number of nitrogens with two attached hydrogens (primary N) is 1. The van der Waals surface area contributed by atoms with Crippen molar-refractivity contribution in [3.8, 4) is 5.75 Å². The summed E-state index contributed by atoms with van der Waals surface area (Å²) in [7, 11) is 0. The first-order valence-corrected chi connectivity index (χ1v) is 5.38. The Morgan fingerprint density at radius 2 is 1.88 bits per heavy atom. The lowest BCUT2D eigenvalue weighted by Gasteiger charge is -2.17. The minimum Gasteiger partial charge on any atom is -0.489 e. The Morgan fingerprint density at radius 3 is 2.29 bits per heavy atom. The molecule has 2 nitrogen and oxygen atoms in total. The van der Waals surface area contributed by atoms with E-state index in [0.29, 0.717) is 5.75 Å². The summed E-state index contributed by atoms with van der Waals surface area (Å²) in [6, 6.07) is 1.80. The van der Waals surface area contributed by atoms with Gasteiger partial charge >= 0.3 is 6.18 Å². The third-order valence-electron chi connectivity index (χ3n) is 2.03. The summed E-state index contributed by atoms with van der Waals surface area (Å²) < 4.78 is 42.4. The van der Waals surface area contributed by atoms with Gasteiger partial charge in [0, 0.05) is 0 Å². The van der Waals surface area contributed by atoms with Crippen LogP contribution in [0.3, 0.4) is 0 Å². The highest BCUT2D eigenvalue weighted by atomic mass is 35.5. The van der Waals surface area contributed by atoms with E-state index in [9.17, 15) is 13.2 Å². The van der Waals surface area contributed by atoms with Crippen molar-refractivity contribution >= 4 is 11.6 Å². The number of benzene rings is 1. The van der Waals surface area contributed by atoms with E-state index in [-0.39, 0.29) is 16.7 Å². The fourth-order valence-electron chi connectivity index (χ4n) is 1.25. The predicted octanol–water partition coefficient (Wildman–Crippen LogP) is 3.69. The van der Waals surface area contributed by atoms with Crippen molar-refractivity contribution in [1.82, 2.24) is 0 Å². The summed E-state index contributed by atoms with van der Waals surface area (Å²) in [5.74, 6) is 0.347. The summed E-state index contributed by atoms with van der Waals surface area (Å²) >= 11 is 5.82. The lowest BCUT2D eigenvalue weighted by atomic mass is 10.1. The van der Waals surface area contributed by atoms with Crippen LogP contribution in [0.1, 0.15) is 25.5 Å². The molecule has 6 heteroatoms. The first kappa shape index (κ1) is 14.1. The fraction of sp³-hybridized carbons (Fsp3) is 0.455. The van der Waals surface area contributed by atoms with Gasteiger partial charge < -0.3 is 10.5 Å². The smallest absolute Gasteiger partial charge is 0.407 e. The zero-order chi connectivity index (χ0) is 13.2. The number of hydrogen-bond donors (Lipinski definition) is 1. The Hall–Kier alpha value is -0.940. The molecule has 1 aromatic rings. The Kier molecular flexibility index (Phi) is 4.27. The second-order valence-electron chi connectivity index (χ2n) is 3.88. The second kappa shape index (κ2) is 5.14. The molecule has 0 saturated carbocycles. The molecule has 1 aromatic carbocycles. The maximum atomic E-state index is 12.4. The van der Waals surface area contributed by atoms with Gasteiger partial charge in [0.05, 0.1) is 11.1 Å². The van der Waals surface area contributed by atoms with Crippen LogP contribution in [0.5, 0.6) is 5.75 Å². The zero-order valence-corrected chi connectivity index (χ0v) is 10.1. The average Bonchev–Trinajstić information content (AvgIpc) is 2.18. The molecule has 17 heavy (non-hydrogen) atoms. The van der Waals surface area contributed by atoms with E-state index in [1.165, 1.54) is 18.2 Å². The minimum absolute atomic E-state index is 0.0846. The lowest BCUT2D eigenvalue weighted by Crippen LogP contribution is -2.28. The molecule has 96 valence electrons. The Labute approximate surface area is 103 Å². The molecule has 0 spiro atoms. The number of alkyl halides is 3. The van der Waals surface area contributed by atoms with Crippen molar-refractivity contribution < 1.29 is 17.9 Å². The Morgan fingerprint density at radius 1 is 1.29 bits per heavy atom. The van der Waals surface area contributed by atoms with E-state index in [2.05, 4.69) is 0 Å². The molecule has 0 bridgehead atoms. The maximum absolute atomic E-state index is 12.4. The summed E-state index contributed by atoms with van der Waals surface area (Å²) in [5, 5.41) is 0.121. The van der Waals surface area contributed by atoms with Crippen LogP contribution in [0, 0.1) is 0 Å². The van der Waals surface area contributed by atoms with Crippen LogP contribution < -0.4 is 10.5 Å². The summed E-state index contributed by atoms with van der Waals surface area (Å²) in [6.07, 6.45) is -4.58. The van der Waals surface area contributed by atoms with Crippen molar-refractivity contribution in [3.63, 3.8) is 0 Å². The van der Waals surface area contributed by atoms with Gasteiger partial charge in [0.1, 0.15) is 11.8 Å². The van der Waals surface area contributed by atoms with Crippen molar-refractivity contribution in [1.29, 1.82) is 0 Å². The van der Waals surface area contributed by atoms with Crippen LogP contribution >= 0.6 is 11.6 Å². The third-order valence-corrected chi connectivity index (χ3v) is 2.33. The highest BCUT2D eigenvalue weighted by Crippen LogP contribution is 2.34. The summed E-state index contributed by atoms with van der Waals surface area (Å²) in [4.78, 5) is 0. The maximum Gasteiger partial charge on any atom is 0.407 e. The van der Waals surface area contributed by atoms with Crippen LogP contribution in [-0.4, -0.2) is 12.3 Å². The summed E-state index contributed by atoms with van der Waals surface area (Å²) in [5.41, 5.74) is 4.98. The van der Waals surface area contributed by atoms with Crippen LogP contribution in [0.25, 0.3) is 0 Å². The number of rotatable bonds is 3. The first-order valence-electron chi connectivity index (χ1n) is 5.00. The molecule has 2 N–H and O–H groups in total. The molecule has 0 aromatic heterocycles. The van der Waals surface area contributed by atoms with E-state index in [1.54, 1.807) is 13.8 Å². The van der Waals surface area contributed by atoms with Gasteiger partial charge in [-0.25, -0.2) is 0 Å². The standard InChI is InChI=1S/C11H13ClF3NO/c1-6(2)17-9-4-3-7(5-8(9)12)10(16)11(13,14)15/h3-6,10H,16H2,1-2H3. The van der Waals surface area contributed by atoms with Crippen LogP contribution in [0.2, 0.25) is 5.02 Å². The molecular weight excluding hydrogens is 255 g/mol. The van der Waals surface area contributed by atoms with E-state index < -0.39 is 12.2 Å². The topological polar surface area (TPSA) is 35.2 Å². The number of hydrogen-bond acceptors (Lipinski definition) is 2. The third kappa shape index (κ3) is 3.78. The number of halogens is 4. The normalized spacial score (nSPS) is 13.9. The Balaban J connectivity index is 2.96. The van der Waals surface area contributed by atoms with Gasteiger partial charge in [-0.05, 0) is 31.5 Å². The van der Waals surface area contributed by atoms with Gasteiger partial charge in [-0.1, -0.05) is 17.7 Å². The van der Waals surface area contributed by atoms with E-state index >= 15 is 0 Å². The average molecular weight is 268 g/mol. The molecule has 0 fully saturated rings. The predicted molar refractivity (Wildman–Crippen MR) is 60.2 cm³/mol. The molecule has 0 aliphatic heterocycles. The molecule has 0 radical (unpaired) electrons. The molecule has 0 aliphatic carbocycles. The molecule has 0 amide bonds. The molecule has 0 saturated heterocycles. The SMILES string of the molecule is CC(C)Oc1ccc(C(N)C(F)(F)F)cc1Cl. The van der Waals surface area contributed by atoms with Crippen molar-refractivity contribution in [2.75, 3.05) is 0 Å².